The fraction of sp³-hybridized carbons (Fsp3) is 0.179. The number of carbonyl (C=O) groups is 2. The Labute approximate surface area is 362 Å². The number of fused-ring (bicyclic) bond motifs is 2. The molecular formula is C39H30Br2Cl2N8O4S2. The molecule has 18 heteroatoms. The molecule has 57 heavy (non-hydrogen) atoms. The summed E-state index contributed by atoms with van der Waals surface area (Å²) >= 11 is 21.7. The van der Waals surface area contributed by atoms with Crippen LogP contribution >= 0.6 is 78.6 Å². The van der Waals surface area contributed by atoms with E-state index in [2.05, 4.69) is 52.3 Å². The van der Waals surface area contributed by atoms with E-state index in [1.807, 2.05) is 84.9 Å². The van der Waals surface area contributed by atoms with Crippen molar-refractivity contribution in [3.05, 3.63) is 150 Å². The van der Waals surface area contributed by atoms with Crippen LogP contribution in [0.4, 0.5) is 0 Å². The molecule has 2 unspecified atom stereocenters. The summed E-state index contributed by atoms with van der Waals surface area (Å²) in [4.78, 5) is 23.3. The van der Waals surface area contributed by atoms with Gasteiger partial charge in [0, 0.05) is 31.8 Å². The molecule has 2 aliphatic heterocycles. The second kappa shape index (κ2) is 18.5. The van der Waals surface area contributed by atoms with Gasteiger partial charge in [-0.05, 0) is 70.8 Å². The Hall–Kier alpha value is -4.32. The van der Waals surface area contributed by atoms with Gasteiger partial charge < -0.3 is 9.84 Å². The quantitative estimate of drug-likeness (QED) is 0.132. The minimum absolute atomic E-state index is 0.0545. The highest BCUT2D eigenvalue weighted by atomic mass is 79.9. The molecule has 0 aliphatic carbocycles. The molecule has 0 radical (unpaired) electrons. The van der Waals surface area contributed by atoms with Crippen molar-refractivity contribution in [2.24, 2.45) is 10.2 Å². The first-order chi connectivity index (χ1) is 27.5. The minimum Gasteiger partial charge on any atom is -0.481 e. The topological polar surface area (TPSA) is 150 Å². The molecule has 0 spiro atoms. The third-order valence-electron chi connectivity index (χ3n) is 8.64. The van der Waals surface area contributed by atoms with Crippen molar-refractivity contribution in [2.45, 2.75) is 46.5 Å². The molecule has 4 heterocycles. The zero-order chi connectivity index (χ0) is 40.1. The fourth-order valence-corrected chi connectivity index (χ4v) is 8.83. The van der Waals surface area contributed by atoms with Crippen LogP contribution in [-0.2, 0) is 27.2 Å². The van der Waals surface area contributed by atoms with Gasteiger partial charge in [0.1, 0.15) is 0 Å². The number of hydrogen-bond donors (Lipinski definition) is 1. The van der Waals surface area contributed by atoms with Crippen molar-refractivity contribution in [3.8, 4) is 0 Å². The van der Waals surface area contributed by atoms with Gasteiger partial charge in [0.05, 0.1) is 41.9 Å². The van der Waals surface area contributed by atoms with Crippen molar-refractivity contribution in [1.29, 1.82) is 0 Å². The second-order valence-electron chi connectivity index (χ2n) is 12.6. The molecule has 0 saturated carbocycles. The van der Waals surface area contributed by atoms with E-state index in [0.29, 0.717) is 44.7 Å². The molecule has 0 bridgehead atoms. The van der Waals surface area contributed by atoms with Crippen LogP contribution in [0.1, 0.15) is 46.7 Å². The van der Waals surface area contributed by atoms with Crippen molar-refractivity contribution in [2.75, 3.05) is 7.11 Å². The number of halogens is 4. The van der Waals surface area contributed by atoms with Crippen LogP contribution in [-0.4, -0.2) is 75.8 Å². The van der Waals surface area contributed by atoms with Crippen molar-refractivity contribution < 1.29 is 19.4 Å². The van der Waals surface area contributed by atoms with Gasteiger partial charge in [-0.15, -0.1) is 20.4 Å². The van der Waals surface area contributed by atoms with Gasteiger partial charge >= 0.3 is 11.9 Å². The van der Waals surface area contributed by atoms with Crippen LogP contribution in [0.25, 0.3) is 0 Å². The summed E-state index contributed by atoms with van der Waals surface area (Å²) in [6.07, 6.45) is 1.31. The van der Waals surface area contributed by atoms with Gasteiger partial charge in [0.2, 0.25) is 10.3 Å². The maximum Gasteiger partial charge on any atom is 0.307 e. The van der Waals surface area contributed by atoms with E-state index < -0.39 is 5.97 Å². The number of nitrogens with zero attached hydrogens (tertiary/aromatic N) is 8. The normalized spacial score (nSPS) is 15.7. The van der Waals surface area contributed by atoms with Gasteiger partial charge in [0.15, 0.2) is 11.6 Å². The summed E-state index contributed by atoms with van der Waals surface area (Å²) in [5.41, 5.74) is 5.35. The Bertz CT molecular complexity index is 2460. The highest BCUT2D eigenvalue weighted by Crippen LogP contribution is 2.35. The highest BCUT2D eigenvalue weighted by Gasteiger charge is 2.32. The number of rotatable bonds is 10. The van der Waals surface area contributed by atoms with Gasteiger partial charge in [-0.1, -0.05) is 127 Å². The molecule has 6 aromatic rings. The van der Waals surface area contributed by atoms with E-state index in [1.165, 1.54) is 30.6 Å². The molecule has 4 aromatic carbocycles. The molecule has 2 atom stereocenters. The maximum absolute atomic E-state index is 11.9. The molecule has 0 amide bonds. The predicted molar refractivity (Wildman–Crippen MR) is 229 cm³/mol. The molecule has 2 aliphatic rings. The van der Waals surface area contributed by atoms with E-state index in [0.717, 1.165) is 42.7 Å². The van der Waals surface area contributed by atoms with E-state index in [9.17, 15) is 14.7 Å². The summed E-state index contributed by atoms with van der Waals surface area (Å²) in [6, 6.07) is 30.7. The molecule has 0 fully saturated rings. The molecule has 2 aromatic heterocycles. The Morgan fingerprint density at radius 1 is 0.649 bits per heavy atom. The summed E-state index contributed by atoms with van der Waals surface area (Å²) in [5.74, 6) is 0.247. The molecule has 290 valence electrons. The zero-order valence-electron chi connectivity index (χ0n) is 29.8. The number of aromatic nitrogens is 6. The first-order valence-corrected chi connectivity index (χ1v) is 21.3. The van der Waals surface area contributed by atoms with Crippen molar-refractivity contribution >= 4 is 102 Å². The Morgan fingerprint density at radius 3 is 1.44 bits per heavy atom. The zero-order valence-corrected chi connectivity index (χ0v) is 36.1. The third kappa shape index (κ3) is 10.2. The number of carboxylic acids is 1. The number of carboxylic acid groups (broad SMARTS) is 1. The van der Waals surface area contributed by atoms with Crippen LogP contribution in [0.3, 0.4) is 0 Å². The van der Waals surface area contributed by atoms with E-state index in [1.54, 1.807) is 21.5 Å². The number of hydrogen-bond acceptors (Lipinski definition) is 11. The number of carbonyl (C=O) groups excluding carboxylic acids is 1. The third-order valence-corrected chi connectivity index (χ3v) is 12.5. The number of benzene rings is 4. The van der Waals surface area contributed by atoms with E-state index >= 15 is 0 Å². The van der Waals surface area contributed by atoms with Crippen LogP contribution < -0.4 is 0 Å². The molecule has 12 nitrogen and oxygen atoms in total. The standard InChI is InChI=1S/C20H16BrClN4O2S.C19H14BrClN4O2S/c1-28-18(27)11-16-19(13-4-8-15(22)9-5-13)25-26-17(23-24-20(26)29-16)10-12-2-6-14(21)7-3-12;20-13-5-1-11(2-6-13)9-16-22-23-19-25(16)24-18(15(28-19)10-17(26)27)12-3-7-14(21)8-4-12/h2-9,16H,10-11H2,1H3;1-8,15H,9-10H2,(H,26,27). The van der Waals surface area contributed by atoms with Crippen LogP contribution in [0, 0.1) is 0 Å². The maximum atomic E-state index is 11.9. The average Bonchev–Trinajstić information content (AvgIpc) is 3.78. The van der Waals surface area contributed by atoms with Crippen LogP contribution in [0.2, 0.25) is 10.0 Å². The van der Waals surface area contributed by atoms with Gasteiger partial charge in [-0.25, -0.2) is 0 Å². The monoisotopic (exact) mass is 966 g/mol. The number of aliphatic carboxylic acids is 1. The number of thioether (sulfide) groups is 2. The predicted octanol–water partition coefficient (Wildman–Crippen LogP) is 9.06. The summed E-state index contributed by atoms with van der Waals surface area (Å²) in [6.45, 7) is 0. The molecular weight excluding hydrogens is 939 g/mol. The number of methoxy groups -OCH3 is 1. The molecule has 0 saturated heterocycles. The summed E-state index contributed by atoms with van der Waals surface area (Å²) in [5, 5.41) is 37.9. The van der Waals surface area contributed by atoms with E-state index in [-0.39, 0.29) is 29.3 Å². The first-order valence-electron chi connectivity index (χ1n) is 17.2. The SMILES string of the molecule is COC(=O)CC1Sc2nnc(Cc3ccc(Br)cc3)n2N=C1c1ccc(Cl)cc1.O=C(O)CC1Sc2nnc(Cc3ccc(Br)cc3)n2N=C1c1ccc(Cl)cc1. The van der Waals surface area contributed by atoms with Gasteiger partial charge in [-0.2, -0.15) is 19.6 Å². The minimum atomic E-state index is -0.887. The lowest BCUT2D eigenvalue weighted by Gasteiger charge is -2.22. The first kappa shape index (κ1) is 40.9. The Balaban J connectivity index is 0.000000174. The fourth-order valence-electron chi connectivity index (χ4n) is 5.84. The van der Waals surface area contributed by atoms with Crippen molar-refractivity contribution in [3.63, 3.8) is 0 Å². The smallest absolute Gasteiger partial charge is 0.307 e. The Morgan fingerprint density at radius 2 is 1.05 bits per heavy atom. The average molecular weight is 970 g/mol. The number of ether oxygens (including phenoxy) is 1. The van der Waals surface area contributed by atoms with Crippen molar-refractivity contribution in [1.82, 2.24) is 29.7 Å². The Kier molecular flexibility index (Phi) is 13.3. The highest BCUT2D eigenvalue weighted by molar-refractivity contribution is 9.10. The lowest BCUT2D eigenvalue weighted by molar-refractivity contribution is -0.140. The molecule has 8 rings (SSSR count). The summed E-state index contributed by atoms with van der Waals surface area (Å²) in [7, 11) is 1.38. The lowest BCUT2D eigenvalue weighted by Crippen LogP contribution is -2.27. The van der Waals surface area contributed by atoms with Gasteiger partial charge in [-0.3, -0.25) is 9.59 Å². The lowest BCUT2D eigenvalue weighted by atomic mass is 10.1. The summed E-state index contributed by atoms with van der Waals surface area (Å²) < 4.78 is 10.4. The largest absolute Gasteiger partial charge is 0.481 e. The molecule has 1 N–H and O–H groups in total. The van der Waals surface area contributed by atoms with Gasteiger partial charge in [0.25, 0.3) is 0 Å². The van der Waals surface area contributed by atoms with Crippen LogP contribution in [0.15, 0.2) is 127 Å². The van der Waals surface area contributed by atoms with Crippen LogP contribution in [0.5, 0.6) is 0 Å². The van der Waals surface area contributed by atoms with E-state index in [4.69, 9.17) is 38.1 Å². The number of esters is 1. The second-order valence-corrected chi connectivity index (χ2v) is 17.6.